The van der Waals surface area contributed by atoms with Crippen molar-refractivity contribution >= 4 is 27.7 Å². The first-order valence-electron chi connectivity index (χ1n) is 2.61. The third-order valence-corrected chi connectivity index (χ3v) is 2.34. The Hall–Kier alpha value is 0.0600. The first-order chi connectivity index (χ1) is 4.22. The summed E-state index contributed by atoms with van der Waals surface area (Å²) in [7, 11) is 0. The van der Waals surface area contributed by atoms with Gasteiger partial charge in [-0.2, -0.15) is 5.26 Å². The molecule has 9 heavy (non-hydrogen) atoms. The van der Waals surface area contributed by atoms with Crippen LogP contribution in [0.15, 0.2) is 9.39 Å². The molecule has 0 atom stereocenters. The van der Waals surface area contributed by atoms with Gasteiger partial charge in [0.05, 0.1) is 4.91 Å². The van der Waals surface area contributed by atoms with E-state index in [4.69, 9.17) is 5.26 Å². The molecule has 0 aliphatic carbocycles. The summed E-state index contributed by atoms with van der Waals surface area (Å²) in [4.78, 5) is 0.775. The van der Waals surface area contributed by atoms with Gasteiger partial charge in [0.2, 0.25) is 0 Å². The lowest BCUT2D eigenvalue weighted by Crippen LogP contribution is -1.73. The predicted octanol–water partition coefficient (Wildman–Crippen LogP) is 2.89. The normalized spacial score (nSPS) is 12.2. The molecule has 0 aliphatic rings. The third kappa shape index (κ3) is 3.61. The summed E-state index contributed by atoms with van der Waals surface area (Å²) in [6.07, 6.45) is 0. The minimum Gasteiger partial charge on any atom is -0.192 e. The molecule has 0 aromatic rings. The molecule has 0 spiro atoms. The molecule has 3 heteroatoms. The number of halogens is 1. The zero-order chi connectivity index (χ0) is 7.28. The van der Waals surface area contributed by atoms with E-state index >= 15 is 0 Å². The van der Waals surface area contributed by atoms with Crippen LogP contribution in [0.4, 0.5) is 0 Å². The fourth-order valence-electron chi connectivity index (χ4n) is 0.353. The van der Waals surface area contributed by atoms with Crippen LogP contribution >= 0.6 is 27.7 Å². The smallest absolute Gasteiger partial charge is 0.107 e. The highest BCUT2D eigenvalue weighted by atomic mass is 79.9. The van der Waals surface area contributed by atoms with Gasteiger partial charge in [-0.3, -0.25) is 0 Å². The van der Waals surface area contributed by atoms with Crippen molar-refractivity contribution in [1.82, 2.24) is 0 Å². The van der Waals surface area contributed by atoms with E-state index in [1.54, 1.807) is 11.8 Å². The van der Waals surface area contributed by atoms with E-state index in [-0.39, 0.29) is 0 Å². The van der Waals surface area contributed by atoms with Crippen molar-refractivity contribution in [2.24, 2.45) is 0 Å². The Morgan fingerprint density at radius 3 is 2.44 bits per heavy atom. The second-order valence-electron chi connectivity index (χ2n) is 1.41. The molecule has 0 unspecified atom stereocenters. The zero-order valence-corrected chi connectivity index (χ0v) is 7.84. The van der Waals surface area contributed by atoms with Crippen LogP contribution in [0.2, 0.25) is 0 Å². The summed E-state index contributed by atoms with van der Waals surface area (Å²) in [6, 6.07) is 2.10. The molecule has 0 aromatic carbocycles. The first-order valence-corrected chi connectivity index (χ1v) is 4.39. The van der Waals surface area contributed by atoms with Gasteiger partial charge >= 0.3 is 0 Å². The van der Waals surface area contributed by atoms with Crippen molar-refractivity contribution in [3.05, 3.63) is 9.39 Å². The van der Waals surface area contributed by atoms with Gasteiger partial charge in [0, 0.05) is 4.48 Å². The van der Waals surface area contributed by atoms with Crippen molar-refractivity contribution in [3.63, 3.8) is 0 Å². The fourth-order valence-corrected chi connectivity index (χ4v) is 1.34. The molecule has 0 heterocycles. The number of hydrogen-bond donors (Lipinski definition) is 0. The highest BCUT2D eigenvalue weighted by Gasteiger charge is 1.95. The standard InChI is InChI=1S/C6H8BrNS/c1-3-9-6(4-8)5(2)7/h3H2,1-2H3/b6-5+. The van der Waals surface area contributed by atoms with Crippen molar-refractivity contribution in [2.75, 3.05) is 5.75 Å². The minimum atomic E-state index is 0.775. The van der Waals surface area contributed by atoms with Crippen molar-refractivity contribution in [3.8, 4) is 6.07 Å². The Labute approximate surface area is 68.3 Å². The molecule has 1 nitrogen and oxygen atoms in total. The summed E-state index contributed by atoms with van der Waals surface area (Å²) in [6.45, 7) is 3.90. The molecule has 0 aliphatic heterocycles. The lowest BCUT2D eigenvalue weighted by atomic mass is 10.6. The van der Waals surface area contributed by atoms with Crippen molar-refractivity contribution in [1.29, 1.82) is 5.26 Å². The largest absolute Gasteiger partial charge is 0.192 e. The predicted molar refractivity (Wildman–Crippen MR) is 45.4 cm³/mol. The topological polar surface area (TPSA) is 23.8 Å². The molecular formula is C6H8BrNS. The van der Waals surface area contributed by atoms with Crippen molar-refractivity contribution in [2.45, 2.75) is 13.8 Å². The molecule has 0 saturated carbocycles. The van der Waals surface area contributed by atoms with Crippen LogP contribution in [0.3, 0.4) is 0 Å². The number of hydrogen-bond acceptors (Lipinski definition) is 2. The van der Waals surface area contributed by atoms with Gasteiger partial charge in [-0.05, 0) is 12.7 Å². The van der Waals surface area contributed by atoms with Gasteiger partial charge in [0.15, 0.2) is 0 Å². The van der Waals surface area contributed by atoms with Crippen LogP contribution < -0.4 is 0 Å². The summed E-state index contributed by atoms with van der Waals surface area (Å²) in [5.41, 5.74) is 0. The average molecular weight is 206 g/mol. The van der Waals surface area contributed by atoms with Gasteiger partial charge in [-0.15, -0.1) is 11.8 Å². The Kier molecular flexibility index (Phi) is 4.93. The van der Waals surface area contributed by atoms with Crippen LogP contribution in [0.25, 0.3) is 0 Å². The second kappa shape index (κ2) is 4.89. The maximum Gasteiger partial charge on any atom is 0.107 e. The van der Waals surface area contributed by atoms with Crippen LogP contribution in [-0.2, 0) is 0 Å². The van der Waals surface area contributed by atoms with Crippen LogP contribution in [0.1, 0.15) is 13.8 Å². The number of allylic oxidation sites excluding steroid dienone is 2. The third-order valence-electron chi connectivity index (χ3n) is 0.703. The van der Waals surface area contributed by atoms with Crippen LogP contribution in [0.5, 0.6) is 0 Å². The van der Waals surface area contributed by atoms with Gasteiger partial charge in [0.1, 0.15) is 6.07 Å². The number of rotatable bonds is 2. The van der Waals surface area contributed by atoms with Crippen molar-refractivity contribution < 1.29 is 0 Å². The first kappa shape index (κ1) is 9.06. The summed E-state index contributed by atoms with van der Waals surface area (Å²) in [5.74, 6) is 0.950. The highest BCUT2D eigenvalue weighted by Crippen LogP contribution is 2.21. The fraction of sp³-hybridized carbons (Fsp3) is 0.500. The maximum absolute atomic E-state index is 8.47. The number of thioether (sulfide) groups is 1. The van der Waals surface area contributed by atoms with Gasteiger partial charge in [-0.25, -0.2) is 0 Å². The van der Waals surface area contributed by atoms with E-state index in [2.05, 4.69) is 22.0 Å². The summed E-state index contributed by atoms with van der Waals surface area (Å²) in [5, 5.41) is 8.47. The second-order valence-corrected chi connectivity index (χ2v) is 3.87. The molecule has 50 valence electrons. The van der Waals surface area contributed by atoms with Gasteiger partial charge in [0.25, 0.3) is 0 Å². The molecule has 0 saturated heterocycles. The van der Waals surface area contributed by atoms with E-state index in [0.717, 1.165) is 15.1 Å². The zero-order valence-electron chi connectivity index (χ0n) is 5.44. The van der Waals surface area contributed by atoms with E-state index in [1.165, 1.54) is 0 Å². The van der Waals surface area contributed by atoms with E-state index in [0.29, 0.717) is 0 Å². The Morgan fingerprint density at radius 2 is 2.33 bits per heavy atom. The van der Waals surface area contributed by atoms with Crippen LogP contribution in [-0.4, -0.2) is 5.75 Å². The molecule has 0 aromatic heterocycles. The van der Waals surface area contributed by atoms with Crippen LogP contribution in [0, 0.1) is 11.3 Å². The lowest BCUT2D eigenvalue weighted by molar-refractivity contribution is 1.49. The summed E-state index contributed by atoms with van der Waals surface area (Å²) < 4.78 is 0.928. The van der Waals surface area contributed by atoms with E-state index in [1.807, 2.05) is 13.8 Å². The Balaban J connectivity index is 4.04. The average Bonchev–Trinajstić information content (AvgIpc) is 1.82. The molecule has 0 rings (SSSR count). The number of nitriles is 1. The highest BCUT2D eigenvalue weighted by molar-refractivity contribution is 9.11. The van der Waals surface area contributed by atoms with E-state index < -0.39 is 0 Å². The molecule has 0 bridgehead atoms. The molecular weight excluding hydrogens is 198 g/mol. The van der Waals surface area contributed by atoms with Gasteiger partial charge < -0.3 is 0 Å². The summed E-state index contributed by atoms with van der Waals surface area (Å²) >= 11 is 4.79. The monoisotopic (exact) mass is 205 g/mol. The quantitative estimate of drug-likeness (QED) is 0.648. The van der Waals surface area contributed by atoms with Gasteiger partial charge in [-0.1, -0.05) is 22.9 Å². The molecule has 0 N–H and O–H groups in total. The van der Waals surface area contributed by atoms with E-state index in [9.17, 15) is 0 Å². The SMILES string of the molecule is CCS/C(C#N)=C(\C)Br. The minimum absolute atomic E-state index is 0.775. The molecule has 0 fully saturated rings. The number of nitrogens with zero attached hydrogens (tertiary/aromatic N) is 1. The molecule has 0 amide bonds. The molecule has 0 radical (unpaired) electrons. The Morgan fingerprint density at radius 1 is 1.78 bits per heavy atom. The Bertz CT molecular complexity index is 153. The lowest BCUT2D eigenvalue weighted by Gasteiger charge is -1.93. The maximum atomic E-state index is 8.47.